The standard InChI is InChI=1S/C19H26O3Si/c1-5-23(4,6-2)18-13-9-16(10-14-18)19(20)22-21-17-11-7-15(3)8-12-17/h5-6,9-10,13-15,17H,1-2,7-8,11-12H2,3-4H3. The van der Waals surface area contributed by atoms with Crippen molar-refractivity contribution in [3.05, 3.63) is 54.4 Å². The molecule has 3 nitrogen and oxygen atoms in total. The number of rotatable bonds is 6. The first-order valence-electron chi connectivity index (χ1n) is 8.24. The lowest BCUT2D eigenvalue weighted by Gasteiger charge is -2.24. The van der Waals surface area contributed by atoms with E-state index >= 15 is 0 Å². The summed E-state index contributed by atoms with van der Waals surface area (Å²) in [4.78, 5) is 22.4. The number of hydrogen-bond donors (Lipinski definition) is 0. The Balaban J connectivity index is 1.92. The van der Waals surface area contributed by atoms with Crippen molar-refractivity contribution < 1.29 is 14.6 Å². The van der Waals surface area contributed by atoms with E-state index in [0.717, 1.165) is 31.6 Å². The SMILES string of the molecule is C=C[Si](C)(C=C)c1ccc(C(=O)OOC2CCC(C)CC2)cc1. The van der Waals surface area contributed by atoms with E-state index in [-0.39, 0.29) is 6.10 Å². The second-order valence-corrected chi connectivity index (χ2v) is 10.6. The van der Waals surface area contributed by atoms with Gasteiger partial charge < -0.3 is 0 Å². The van der Waals surface area contributed by atoms with Crippen molar-refractivity contribution in [1.29, 1.82) is 0 Å². The molecule has 1 aromatic rings. The molecule has 2 rings (SSSR count). The summed E-state index contributed by atoms with van der Waals surface area (Å²) in [5.74, 6) is 0.307. The molecule has 0 atom stereocenters. The largest absolute Gasteiger partial charge is 0.373 e. The van der Waals surface area contributed by atoms with Gasteiger partial charge in [-0.05, 0) is 43.7 Å². The van der Waals surface area contributed by atoms with Gasteiger partial charge in [0.05, 0.1) is 5.56 Å². The highest BCUT2D eigenvalue weighted by molar-refractivity contribution is 6.98. The summed E-state index contributed by atoms with van der Waals surface area (Å²) in [5, 5.41) is 1.17. The molecular formula is C19H26O3Si. The van der Waals surface area contributed by atoms with Gasteiger partial charge in [0.25, 0.3) is 0 Å². The number of carbonyl (C=O) groups is 1. The minimum Gasteiger partial charge on any atom is -0.293 e. The predicted molar refractivity (Wildman–Crippen MR) is 96.0 cm³/mol. The normalized spacial score (nSPS) is 21.5. The van der Waals surface area contributed by atoms with Gasteiger partial charge in [0.2, 0.25) is 0 Å². The summed E-state index contributed by atoms with van der Waals surface area (Å²) >= 11 is 0. The summed E-state index contributed by atoms with van der Waals surface area (Å²) in [6.07, 6.45) is 4.20. The van der Waals surface area contributed by atoms with Crippen LogP contribution in [-0.4, -0.2) is 20.1 Å². The van der Waals surface area contributed by atoms with E-state index in [2.05, 4.69) is 26.6 Å². The van der Waals surface area contributed by atoms with E-state index in [1.54, 1.807) is 12.1 Å². The number of carbonyl (C=O) groups excluding carboxylic acids is 1. The van der Waals surface area contributed by atoms with Crippen LogP contribution >= 0.6 is 0 Å². The third-order valence-electron chi connectivity index (χ3n) is 4.81. The van der Waals surface area contributed by atoms with Gasteiger partial charge in [0.1, 0.15) is 14.2 Å². The molecule has 124 valence electrons. The van der Waals surface area contributed by atoms with Crippen molar-refractivity contribution in [3.8, 4) is 0 Å². The van der Waals surface area contributed by atoms with Gasteiger partial charge in [0.15, 0.2) is 0 Å². The highest BCUT2D eigenvalue weighted by atomic mass is 28.3. The van der Waals surface area contributed by atoms with Crippen molar-refractivity contribution in [3.63, 3.8) is 0 Å². The van der Waals surface area contributed by atoms with Crippen molar-refractivity contribution in [2.75, 3.05) is 0 Å². The maximum Gasteiger partial charge on any atom is 0.373 e. The highest BCUT2D eigenvalue weighted by Gasteiger charge is 2.23. The Morgan fingerprint density at radius 2 is 1.70 bits per heavy atom. The second kappa shape index (κ2) is 7.75. The molecule has 0 aromatic heterocycles. The molecule has 0 saturated heterocycles. The summed E-state index contributed by atoms with van der Waals surface area (Å²) in [6.45, 7) is 12.2. The molecule has 0 unspecified atom stereocenters. The second-order valence-electron chi connectivity index (χ2n) is 6.62. The van der Waals surface area contributed by atoms with Gasteiger partial charge in [-0.15, -0.1) is 13.2 Å². The van der Waals surface area contributed by atoms with Crippen LogP contribution in [0.4, 0.5) is 0 Å². The minimum atomic E-state index is -1.84. The van der Waals surface area contributed by atoms with Crippen molar-refractivity contribution in [1.82, 2.24) is 0 Å². The molecule has 0 heterocycles. The van der Waals surface area contributed by atoms with Gasteiger partial charge >= 0.3 is 5.97 Å². The molecule has 0 N–H and O–H groups in total. The Morgan fingerprint density at radius 3 is 2.22 bits per heavy atom. The van der Waals surface area contributed by atoms with Gasteiger partial charge in [-0.2, -0.15) is 4.89 Å². The highest BCUT2D eigenvalue weighted by Crippen LogP contribution is 2.25. The zero-order valence-corrected chi connectivity index (χ0v) is 15.1. The Kier molecular flexibility index (Phi) is 5.96. The average Bonchev–Trinajstić information content (AvgIpc) is 2.60. The number of hydrogen-bond acceptors (Lipinski definition) is 3. The molecule has 23 heavy (non-hydrogen) atoms. The maximum atomic E-state index is 12.1. The molecule has 1 aromatic carbocycles. The fraction of sp³-hybridized carbons (Fsp3) is 0.421. The molecule has 1 aliphatic carbocycles. The first-order chi connectivity index (χ1) is 11.0. The van der Waals surface area contributed by atoms with Crippen LogP contribution in [-0.2, 0) is 9.78 Å². The smallest absolute Gasteiger partial charge is 0.293 e. The average molecular weight is 331 g/mol. The molecule has 0 bridgehead atoms. The third kappa shape index (κ3) is 4.42. The lowest BCUT2D eigenvalue weighted by atomic mass is 9.89. The van der Waals surface area contributed by atoms with Crippen LogP contribution < -0.4 is 5.19 Å². The molecule has 0 radical (unpaired) electrons. The van der Waals surface area contributed by atoms with Crippen LogP contribution in [0.3, 0.4) is 0 Å². The Hall–Kier alpha value is -1.65. The zero-order valence-electron chi connectivity index (χ0n) is 14.1. The molecule has 4 heteroatoms. The molecule has 1 aliphatic rings. The minimum absolute atomic E-state index is 0.0339. The quantitative estimate of drug-likeness (QED) is 0.448. The molecular weight excluding hydrogens is 304 g/mol. The fourth-order valence-electron chi connectivity index (χ4n) is 2.77. The number of benzene rings is 1. The van der Waals surface area contributed by atoms with Crippen LogP contribution in [0.15, 0.2) is 48.8 Å². The molecule has 0 amide bonds. The first-order valence-corrected chi connectivity index (χ1v) is 10.9. The maximum absolute atomic E-state index is 12.1. The Bertz CT molecular complexity index is 548. The monoisotopic (exact) mass is 330 g/mol. The Morgan fingerprint density at radius 1 is 1.13 bits per heavy atom. The summed E-state index contributed by atoms with van der Waals surface area (Å²) < 4.78 is 0. The molecule has 1 saturated carbocycles. The zero-order chi connectivity index (χ0) is 16.9. The molecule has 0 spiro atoms. The van der Waals surface area contributed by atoms with Gasteiger partial charge in [-0.3, -0.25) is 4.89 Å². The summed E-state index contributed by atoms with van der Waals surface area (Å²) in [6, 6.07) is 7.47. The van der Waals surface area contributed by atoms with Crippen molar-refractivity contribution in [2.24, 2.45) is 5.92 Å². The lowest BCUT2D eigenvalue weighted by molar-refractivity contribution is -0.280. The van der Waals surface area contributed by atoms with Crippen LogP contribution in [0, 0.1) is 5.92 Å². The third-order valence-corrected chi connectivity index (χ3v) is 8.09. The van der Waals surface area contributed by atoms with Crippen LogP contribution in [0.1, 0.15) is 43.0 Å². The topological polar surface area (TPSA) is 35.5 Å². The van der Waals surface area contributed by atoms with Gasteiger partial charge in [-0.1, -0.05) is 42.2 Å². The summed E-state index contributed by atoms with van der Waals surface area (Å²) in [5.41, 5.74) is 4.45. The lowest BCUT2D eigenvalue weighted by Crippen LogP contribution is -2.40. The first kappa shape index (κ1) is 17.7. The van der Waals surface area contributed by atoms with Crippen molar-refractivity contribution in [2.45, 2.75) is 45.3 Å². The van der Waals surface area contributed by atoms with Gasteiger partial charge in [-0.25, -0.2) is 4.79 Å². The van der Waals surface area contributed by atoms with E-state index < -0.39 is 14.0 Å². The van der Waals surface area contributed by atoms with Crippen LogP contribution in [0.25, 0.3) is 0 Å². The van der Waals surface area contributed by atoms with E-state index in [9.17, 15) is 4.79 Å². The summed E-state index contributed by atoms with van der Waals surface area (Å²) in [7, 11) is -1.84. The van der Waals surface area contributed by atoms with Crippen LogP contribution in [0.5, 0.6) is 0 Å². The van der Waals surface area contributed by atoms with Crippen molar-refractivity contribution >= 4 is 19.2 Å². The van der Waals surface area contributed by atoms with E-state index in [1.165, 1.54) is 5.19 Å². The van der Waals surface area contributed by atoms with E-state index in [0.29, 0.717) is 5.56 Å². The van der Waals surface area contributed by atoms with Gasteiger partial charge in [0, 0.05) is 0 Å². The van der Waals surface area contributed by atoms with E-state index in [4.69, 9.17) is 9.78 Å². The van der Waals surface area contributed by atoms with Crippen LogP contribution in [0.2, 0.25) is 6.55 Å². The fourth-order valence-corrected chi connectivity index (χ4v) is 4.29. The Labute approximate surface area is 139 Å². The molecule has 1 fully saturated rings. The molecule has 0 aliphatic heterocycles. The van der Waals surface area contributed by atoms with E-state index in [1.807, 2.05) is 23.5 Å². The predicted octanol–water partition coefficient (Wildman–Crippen LogP) is 4.09.